The Morgan fingerprint density at radius 2 is 0.571 bits per heavy atom. The third-order valence-corrected chi connectivity index (χ3v) is 0. The molecule has 14 heavy (non-hydrogen) atoms. The summed E-state index contributed by atoms with van der Waals surface area (Å²) in [5, 5.41) is 44.2. The second kappa shape index (κ2) is 23.3. The van der Waals surface area contributed by atoms with Crippen molar-refractivity contribution in [1.29, 1.82) is 0 Å². The van der Waals surface area contributed by atoms with Crippen LogP contribution >= 0.6 is 0 Å². The first-order chi connectivity index (χ1) is 5.20. The van der Waals surface area contributed by atoms with Gasteiger partial charge in [0, 0.05) is 41.3 Å². The molecule has 0 fully saturated rings. The molecule has 0 spiro atoms. The van der Waals surface area contributed by atoms with E-state index in [9.17, 15) is 0 Å². The van der Waals surface area contributed by atoms with Gasteiger partial charge < -0.3 is 46.0 Å². The summed E-state index contributed by atoms with van der Waals surface area (Å²) in [6.07, 6.45) is 0. The Bertz CT molecular complexity index is 118. The second-order valence-electron chi connectivity index (χ2n) is 0.671. The van der Waals surface area contributed by atoms with Crippen LogP contribution in [0, 0.1) is 128 Å². The molecule has 0 heterocycles. The molecular weight excluding hydrogens is 471 g/mol. The average molecular weight is 471 g/mol. The maximum absolute atomic E-state index is 8.25. The van der Waals surface area contributed by atoms with Gasteiger partial charge in [0.1, 0.15) is 0 Å². The van der Waals surface area contributed by atoms with Gasteiger partial charge in [-0.05, 0) is 0 Å². The zero-order chi connectivity index (χ0) is 10.7. The van der Waals surface area contributed by atoms with E-state index in [0.717, 1.165) is 0 Å². The molecule has 0 aliphatic carbocycles. The van der Waals surface area contributed by atoms with Crippen LogP contribution in [0.15, 0.2) is 0 Å². The summed E-state index contributed by atoms with van der Waals surface area (Å²) >= 11 is 0. The van der Waals surface area contributed by atoms with E-state index in [1.54, 1.807) is 0 Å². The van der Waals surface area contributed by atoms with Gasteiger partial charge in [0.2, 0.25) is 0 Å². The number of rotatable bonds is 0. The second-order valence-corrected chi connectivity index (χ2v) is 0.671. The summed E-state index contributed by atoms with van der Waals surface area (Å²) in [6.45, 7) is 0. The van der Waals surface area contributed by atoms with Gasteiger partial charge in [0.25, 0.3) is 0 Å². The summed E-state index contributed by atoms with van der Waals surface area (Å²) in [7, 11) is 0. The predicted molar refractivity (Wildman–Crippen MR) is 31.1 cm³/mol. The van der Waals surface area contributed by atoms with Gasteiger partial charge in [-0.15, -0.1) is 0 Å². The van der Waals surface area contributed by atoms with Gasteiger partial charge in [0.05, 0.1) is 15.3 Å². The van der Waals surface area contributed by atoms with E-state index in [1.807, 2.05) is 0 Å². The Morgan fingerprint density at radius 1 is 0.571 bits per heavy atom. The topological polar surface area (TPSA) is 199 Å². The molecule has 0 saturated heterocycles. The Morgan fingerprint density at radius 3 is 0.571 bits per heavy atom. The van der Waals surface area contributed by atoms with E-state index in [0.29, 0.717) is 0 Å². The fraction of sp³-hybridized carbons (Fsp3) is 0. The molecule has 0 amide bonds. The Hall–Kier alpha value is 0.314. The minimum Gasteiger partial charge on any atom is -0.356 e. The van der Waals surface area contributed by atoms with Gasteiger partial charge in [-0.2, -0.15) is 0 Å². The van der Waals surface area contributed by atoms with Crippen LogP contribution in [0.2, 0.25) is 0 Å². The average Bonchev–Trinajstić information content (AvgIpc) is 1.54. The number of hydrogen-bond donors (Lipinski definition) is 0. The van der Waals surface area contributed by atoms with E-state index in [-0.39, 0.29) is 82.1 Å². The molecule has 0 N–H and O–H groups in total. The smallest absolute Gasteiger partial charge is 0.356 e. The number of nitrogens with zero attached hydrogens (tertiary/aromatic N) is 3. The van der Waals surface area contributed by atoms with Gasteiger partial charge in [-0.3, -0.25) is 0 Å². The maximum Gasteiger partial charge on any atom is 3.00 e. The molecule has 0 aromatic carbocycles. The minimum atomic E-state index is -1.75. The van der Waals surface area contributed by atoms with E-state index in [2.05, 4.69) is 0 Å². The van der Waals surface area contributed by atoms with Crippen molar-refractivity contribution in [1.82, 2.24) is 0 Å². The minimum absolute atomic E-state index is 0. The van der Waals surface area contributed by atoms with Crippen LogP contribution in [-0.4, -0.2) is 15.3 Å². The normalized spacial score (nSPS) is 5.14. The van der Waals surface area contributed by atoms with Crippen LogP contribution in [0.4, 0.5) is 0 Å². The Kier molecular flexibility index (Phi) is 48.6. The first-order valence-electron chi connectivity index (χ1n) is 1.64. The van der Waals surface area contributed by atoms with Crippen molar-refractivity contribution in [3.8, 4) is 0 Å². The molecule has 0 atom stereocenters. The summed E-state index contributed by atoms with van der Waals surface area (Å²) < 4.78 is 0. The van der Waals surface area contributed by atoms with Crippen molar-refractivity contribution in [2.45, 2.75) is 0 Å². The van der Waals surface area contributed by atoms with Crippen LogP contribution in [-0.2, 0) is 0 Å². The summed E-state index contributed by atoms with van der Waals surface area (Å²) in [4.78, 5) is 24.8. The van der Waals surface area contributed by atoms with Gasteiger partial charge in [-0.25, -0.2) is 0 Å². The third-order valence-electron chi connectivity index (χ3n) is 0. The first kappa shape index (κ1) is 29.2. The molecule has 2 radical (unpaired) electrons. The molecular formula is N3NdO9Pr. The number of hydrogen-bond acceptors (Lipinski definition) is 9. The SMILES string of the molecule is O=[N+]([O-])[O-].O=[N+]([O-])[O-].O=[N+]([O-])[O-].[Nd+3].[Pr]. The van der Waals surface area contributed by atoms with Crippen molar-refractivity contribution >= 4 is 0 Å². The molecule has 0 bridgehead atoms. The van der Waals surface area contributed by atoms with Crippen LogP contribution in [0.3, 0.4) is 0 Å². The molecule has 0 aromatic rings. The van der Waals surface area contributed by atoms with Crippen molar-refractivity contribution < 1.29 is 97.4 Å². The summed E-state index contributed by atoms with van der Waals surface area (Å²) in [5.41, 5.74) is 0. The fourth-order valence-electron chi connectivity index (χ4n) is 0. The van der Waals surface area contributed by atoms with Crippen LogP contribution in [0.1, 0.15) is 0 Å². The van der Waals surface area contributed by atoms with Crippen molar-refractivity contribution in [2.24, 2.45) is 0 Å². The molecule has 0 aromatic heterocycles. The summed E-state index contributed by atoms with van der Waals surface area (Å²) in [6, 6.07) is 0. The van der Waals surface area contributed by atoms with Crippen molar-refractivity contribution in [3.63, 3.8) is 0 Å². The molecule has 0 rings (SSSR count). The van der Waals surface area contributed by atoms with Crippen molar-refractivity contribution in [3.05, 3.63) is 46.0 Å². The quantitative estimate of drug-likeness (QED) is 0.323. The molecule has 0 unspecified atom stereocenters. The van der Waals surface area contributed by atoms with E-state index < -0.39 is 15.3 Å². The van der Waals surface area contributed by atoms with Gasteiger partial charge in [-0.1, -0.05) is 0 Å². The maximum atomic E-state index is 8.25. The van der Waals surface area contributed by atoms with Crippen LogP contribution in [0.25, 0.3) is 0 Å². The van der Waals surface area contributed by atoms with Gasteiger partial charge in [0.15, 0.2) is 0 Å². The Labute approximate surface area is 141 Å². The third kappa shape index (κ3) is 16000. The van der Waals surface area contributed by atoms with E-state index in [1.165, 1.54) is 0 Å². The molecule has 76 valence electrons. The van der Waals surface area contributed by atoms with Crippen LogP contribution < -0.4 is 0 Å². The Balaban J connectivity index is -0.0000000270. The molecule has 0 saturated carbocycles. The zero-order valence-corrected chi connectivity index (χ0v) is 13.0. The zero-order valence-electron chi connectivity index (χ0n) is 6.09. The molecule has 0 aliphatic heterocycles. The predicted octanol–water partition coefficient (Wildman–Crippen LogP) is -0.717. The molecule has 12 nitrogen and oxygen atoms in total. The van der Waals surface area contributed by atoms with E-state index in [4.69, 9.17) is 46.0 Å². The fourth-order valence-corrected chi connectivity index (χ4v) is 0. The van der Waals surface area contributed by atoms with Crippen molar-refractivity contribution in [2.75, 3.05) is 0 Å². The largest absolute Gasteiger partial charge is 3.00 e. The summed E-state index contributed by atoms with van der Waals surface area (Å²) in [5.74, 6) is 0. The molecule has 14 heteroatoms. The van der Waals surface area contributed by atoms with Gasteiger partial charge >= 0.3 is 40.8 Å². The molecule has 0 aliphatic rings. The first-order valence-corrected chi connectivity index (χ1v) is 1.64. The monoisotopic (exact) mass is 469 g/mol. The van der Waals surface area contributed by atoms with Crippen LogP contribution in [0.5, 0.6) is 0 Å². The van der Waals surface area contributed by atoms with E-state index >= 15 is 0 Å². The standard InChI is InChI=1S/3NO3.Nd.Pr/c3*2-1(3)4;;/q3*-1;+3;.